The molecule has 0 saturated carbocycles. The Labute approximate surface area is 78.2 Å². The zero-order valence-electron chi connectivity index (χ0n) is 8.32. The Hall–Kier alpha value is -0.610. The largest absolute Gasteiger partial charge is 0.481 e. The smallest absolute Gasteiger partial charge is 0.311 e. The van der Waals surface area contributed by atoms with Crippen molar-refractivity contribution in [3.8, 4) is 0 Å². The van der Waals surface area contributed by atoms with Gasteiger partial charge in [-0.1, -0.05) is 6.92 Å². The average Bonchev–Trinajstić information content (AvgIpc) is 2.03. The van der Waals surface area contributed by atoms with Gasteiger partial charge < -0.3 is 15.3 Å². The molecule has 0 bridgehead atoms. The fourth-order valence-corrected chi connectivity index (χ4v) is 0.862. The summed E-state index contributed by atoms with van der Waals surface area (Å²) in [5, 5.41) is 27.5. The van der Waals surface area contributed by atoms with Gasteiger partial charge in [0, 0.05) is 6.42 Å². The highest BCUT2D eigenvalue weighted by molar-refractivity contribution is 5.74. The molecule has 78 valence electrons. The van der Waals surface area contributed by atoms with Crippen LogP contribution in [0.4, 0.5) is 0 Å². The van der Waals surface area contributed by atoms with E-state index < -0.39 is 23.6 Å². The number of aliphatic hydroxyl groups excluding tert-OH is 2. The molecule has 4 heteroatoms. The molecule has 0 spiro atoms. The van der Waals surface area contributed by atoms with E-state index in [9.17, 15) is 15.0 Å². The van der Waals surface area contributed by atoms with E-state index in [0.29, 0.717) is 6.42 Å². The van der Waals surface area contributed by atoms with Crippen LogP contribution in [0.25, 0.3) is 0 Å². The van der Waals surface area contributed by atoms with E-state index in [-0.39, 0.29) is 6.42 Å². The monoisotopic (exact) mass is 190 g/mol. The molecule has 0 radical (unpaired) electrons. The molecule has 0 aromatic heterocycles. The summed E-state index contributed by atoms with van der Waals surface area (Å²) >= 11 is 0. The molecule has 2 atom stereocenters. The molecule has 0 aliphatic rings. The van der Waals surface area contributed by atoms with Gasteiger partial charge in [-0.3, -0.25) is 4.79 Å². The predicted octanol–water partition coefficient (Wildman–Crippen LogP) is 0.619. The molecule has 0 rings (SSSR count). The number of aliphatic hydroxyl groups is 2. The minimum absolute atomic E-state index is 0.107. The molecule has 0 aromatic carbocycles. The number of rotatable bonds is 5. The maximum absolute atomic E-state index is 10.7. The van der Waals surface area contributed by atoms with E-state index in [1.165, 1.54) is 13.8 Å². The Bertz CT molecular complexity index is 176. The van der Waals surface area contributed by atoms with Crippen LogP contribution >= 0.6 is 0 Å². The molecule has 3 N–H and O–H groups in total. The Balaban J connectivity index is 4.24. The molecular formula is C9H18O4. The number of hydrogen-bond donors (Lipinski definition) is 3. The van der Waals surface area contributed by atoms with E-state index in [4.69, 9.17) is 5.11 Å². The van der Waals surface area contributed by atoms with Gasteiger partial charge in [0.15, 0.2) is 0 Å². The molecule has 0 amide bonds. The fraction of sp³-hybridized carbons (Fsp3) is 0.889. The Morgan fingerprint density at radius 2 is 1.85 bits per heavy atom. The van der Waals surface area contributed by atoms with Gasteiger partial charge in [0.2, 0.25) is 0 Å². The molecule has 0 aromatic rings. The van der Waals surface area contributed by atoms with Crippen LogP contribution < -0.4 is 0 Å². The maximum Gasteiger partial charge on any atom is 0.311 e. The van der Waals surface area contributed by atoms with Crippen molar-refractivity contribution in [3.05, 3.63) is 0 Å². The standard InChI is InChI=1S/C9H18O4/c1-4-6(10)5-7(11)9(2,3)8(12)13/h6-7,10-11H,4-5H2,1-3H3,(H,12,13). The highest BCUT2D eigenvalue weighted by Crippen LogP contribution is 2.24. The summed E-state index contributed by atoms with van der Waals surface area (Å²) in [5.41, 5.74) is -1.20. The summed E-state index contributed by atoms with van der Waals surface area (Å²) in [6, 6.07) is 0. The summed E-state index contributed by atoms with van der Waals surface area (Å²) < 4.78 is 0. The van der Waals surface area contributed by atoms with Crippen LogP contribution in [-0.4, -0.2) is 33.5 Å². The van der Waals surface area contributed by atoms with Crippen molar-refractivity contribution in [2.75, 3.05) is 0 Å². The van der Waals surface area contributed by atoms with Gasteiger partial charge in [0.25, 0.3) is 0 Å². The molecule has 0 aliphatic carbocycles. The van der Waals surface area contributed by atoms with Crippen molar-refractivity contribution in [1.29, 1.82) is 0 Å². The van der Waals surface area contributed by atoms with E-state index in [2.05, 4.69) is 0 Å². The second-order valence-electron chi connectivity index (χ2n) is 3.84. The van der Waals surface area contributed by atoms with E-state index in [1.807, 2.05) is 0 Å². The number of carbonyl (C=O) groups is 1. The lowest BCUT2D eigenvalue weighted by Gasteiger charge is -2.27. The summed E-state index contributed by atoms with van der Waals surface area (Å²) in [6.07, 6.45) is -1.02. The third-order valence-corrected chi connectivity index (χ3v) is 2.35. The normalized spacial score (nSPS) is 16.7. The number of hydrogen-bond acceptors (Lipinski definition) is 3. The lowest BCUT2D eigenvalue weighted by Crippen LogP contribution is -2.39. The molecule has 2 unspecified atom stereocenters. The molecule has 0 aliphatic heterocycles. The lowest BCUT2D eigenvalue weighted by atomic mass is 9.83. The molecular weight excluding hydrogens is 172 g/mol. The Morgan fingerprint density at radius 1 is 1.38 bits per heavy atom. The number of aliphatic carboxylic acids is 1. The molecule has 0 saturated heterocycles. The topological polar surface area (TPSA) is 77.8 Å². The van der Waals surface area contributed by atoms with Crippen LogP contribution in [0.5, 0.6) is 0 Å². The minimum atomic E-state index is -1.20. The SMILES string of the molecule is CCC(O)CC(O)C(C)(C)C(=O)O. The van der Waals surface area contributed by atoms with Crippen molar-refractivity contribution < 1.29 is 20.1 Å². The van der Waals surface area contributed by atoms with Crippen LogP contribution in [0.3, 0.4) is 0 Å². The van der Waals surface area contributed by atoms with Crippen LogP contribution in [0.1, 0.15) is 33.6 Å². The minimum Gasteiger partial charge on any atom is -0.481 e. The van der Waals surface area contributed by atoms with Crippen molar-refractivity contribution >= 4 is 5.97 Å². The van der Waals surface area contributed by atoms with Crippen molar-refractivity contribution in [3.63, 3.8) is 0 Å². The summed E-state index contributed by atoms with van der Waals surface area (Å²) in [7, 11) is 0. The third kappa shape index (κ3) is 3.32. The van der Waals surface area contributed by atoms with Gasteiger partial charge in [0.1, 0.15) is 0 Å². The van der Waals surface area contributed by atoms with Gasteiger partial charge in [-0.25, -0.2) is 0 Å². The highest BCUT2D eigenvalue weighted by Gasteiger charge is 2.36. The van der Waals surface area contributed by atoms with Crippen molar-refractivity contribution in [2.24, 2.45) is 5.41 Å². The summed E-state index contributed by atoms with van der Waals surface area (Å²) in [6.45, 7) is 4.68. The summed E-state index contributed by atoms with van der Waals surface area (Å²) in [5.74, 6) is -1.05. The molecule has 13 heavy (non-hydrogen) atoms. The van der Waals surface area contributed by atoms with Crippen molar-refractivity contribution in [2.45, 2.75) is 45.8 Å². The zero-order valence-corrected chi connectivity index (χ0v) is 8.32. The first kappa shape index (κ1) is 12.4. The van der Waals surface area contributed by atoms with E-state index in [1.54, 1.807) is 6.92 Å². The second kappa shape index (κ2) is 4.58. The van der Waals surface area contributed by atoms with Crippen LogP contribution in [0, 0.1) is 5.41 Å². The first-order chi connectivity index (χ1) is 5.82. The highest BCUT2D eigenvalue weighted by atomic mass is 16.4. The first-order valence-electron chi connectivity index (χ1n) is 4.41. The molecule has 0 fully saturated rings. The number of carboxylic acid groups (broad SMARTS) is 1. The molecule has 0 heterocycles. The van der Waals surface area contributed by atoms with Gasteiger partial charge in [-0.2, -0.15) is 0 Å². The number of carboxylic acids is 1. The van der Waals surface area contributed by atoms with Crippen molar-refractivity contribution in [1.82, 2.24) is 0 Å². The van der Waals surface area contributed by atoms with Gasteiger partial charge in [-0.05, 0) is 20.3 Å². The van der Waals surface area contributed by atoms with E-state index >= 15 is 0 Å². The zero-order chi connectivity index (χ0) is 10.6. The van der Waals surface area contributed by atoms with Gasteiger partial charge in [-0.15, -0.1) is 0 Å². The second-order valence-corrected chi connectivity index (χ2v) is 3.84. The van der Waals surface area contributed by atoms with Gasteiger partial charge in [0.05, 0.1) is 17.6 Å². The first-order valence-corrected chi connectivity index (χ1v) is 4.41. The Morgan fingerprint density at radius 3 is 2.15 bits per heavy atom. The lowest BCUT2D eigenvalue weighted by molar-refractivity contribution is -0.154. The fourth-order valence-electron chi connectivity index (χ4n) is 0.862. The molecule has 4 nitrogen and oxygen atoms in total. The third-order valence-electron chi connectivity index (χ3n) is 2.35. The predicted molar refractivity (Wildman–Crippen MR) is 48.3 cm³/mol. The maximum atomic E-state index is 10.7. The Kier molecular flexibility index (Phi) is 4.36. The van der Waals surface area contributed by atoms with Crippen LogP contribution in [0.15, 0.2) is 0 Å². The van der Waals surface area contributed by atoms with Gasteiger partial charge >= 0.3 is 5.97 Å². The van der Waals surface area contributed by atoms with Crippen LogP contribution in [-0.2, 0) is 4.79 Å². The van der Waals surface area contributed by atoms with Crippen LogP contribution in [0.2, 0.25) is 0 Å². The van der Waals surface area contributed by atoms with E-state index in [0.717, 1.165) is 0 Å². The summed E-state index contributed by atoms with van der Waals surface area (Å²) in [4.78, 5) is 10.7. The average molecular weight is 190 g/mol. The quantitative estimate of drug-likeness (QED) is 0.594.